The molecule has 2 saturated carbocycles. The van der Waals surface area contributed by atoms with E-state index in [2.05, 4.69) is 9.88 Å². The Morgan fingerprint density at radius 3 is 2.55 bits per heavy atom. The van der Waals surface area contributed by atoms with Crippen molar-refractivity contribution >= 4 is 11.6 Å². The van der Waals surface area contributed by atoms with Gasteiger partial charge < -0.3 is 15.7 Å². The van der Waals surface area contributed by atoms with Crippen molar-refractivity contribution in [1.82, 2.24) is 9.97 Å². The number of aromatic nitrogens is 2. The molecule has 0 saturated heterocycles. The van der Waals surface area contributed by atoms with Crippen LogP contribution in [0.25, 0.3) is 0 Å². The van der Waals surface area contributed by atoms with Crippen molar-refractivity contribution in [1.29, 1.82) is 0 Å². The van der Waals surface area contributed by atoms with Crippen molar-refractivity contribution in [2.45, 2.75) is 57.4 Å². The minimum atomic E-state index is 0.221. The minimum Gasteiger partial charge on any atom is -0.396 e. The molecule has 2 fully saturated rings. The SMILES string of the molecule is Cc1c(N)nc(C2CC2)nc1N(CCCO)C1CCC1. The van der Waals surface area contributed by atoms with Gasteiger partial charge in [0.2, 0.25) is 0 Å². The van der Waals surface area contributed by atoms with Crippen molar-refractivity contribution in [2.24, 2.45) is 0 Å². The van der Waals surface area contributed by atoms with Gasteiger partial charge in [-0.3, -0.25) is 0 Å². The first-order valence-electron chi connectivity index (χ1n) is 7.72. The predicted molar refractivity (Wildman–Crippen MR) is 79.8 cm³/mol. The fraction of sp³-hybridized carbons (Fsp3) is 0.733. The number of hydrogen-bond donors (Lipinski definition) is 2. The maximum absolute atomic E-state index is 9.13. The van der Waals surface area contributed by atoms with Crippen LogP contribution in [0.5, 0.6) is 0 Å². The molecular formula is C15H24N4O. The zero-order chi connectivity index (χ0) is 14.1. The summed E-state index contributed by atoms with van der Waals surface area (Å²) >= 11 is 0. The summed E-state index contributed by atoms with van der Waals surface area (Å²) in [4.78, 5) is 11.6. The molecule has 3 rings (SSSR count). The van der Waals surface area contributed by atoms with Crippen LogP contribution in [0.3, 0.4) is 0 Å². The summed E-state index contributed by atoms with van der Waals surface area (Å²) in [5.41, 5.74) is 7.07. The molecule has 5 heteroatoms. The third-order valence-electron chi connectivity index (χ3n) is 4.46. The number of nitrogen functional groups attached to an aromatic ring is 1. The van der Waals surface area contributed by atoms with Crippen molar-refractivity contribution < 1.29 is 5.11 Å². The first-order valence-corrected chi connectivity index (χ1v) is 7.72. The molecule has 0 aliphatic heterocycles. The highest BCUT2D eigenvalue weighted by Crippen LogP contribution is 2.40. The van der Waals surface area contributed by atoms with Crippen molar-refractivity contribution in [3.8, 4) is 0 Å². The fourth-order valence-corrected chi connectivity index (χ4v) is 2.74. The van der Waals surface area contributed by atoms with E-state index in [9.17, 15) is 0 Å². The van der Waals surface area contributed by atoms with E-state index in [1.54, 1.807) is 0 Å². The van der Waals surface area contributed by atoms with Crippen molar-refractivity contribution in [3.05, 3.63) is 11.4 Å². The molecule has 0 bridgehead atoms. The topological polar surface area (TPSA) is 75.3 Å². The second kappa shape index (κ2) is 5.56. The second-order valence-corrected chi connectivity index (χ2v) is 6.05. The number of hydrogen-bond acceptors (Lipinski definition) is 5. The standard InChI is InChI=1S/C15H24N4O/c1-10-13(16)17-14(11-6-7-11)18-15(10)19(8-3-9-20)12-4-2-5-12/h11-12,20H,2-9H2,1H3,(H2,16,17,18). The lowest BCUT2D eigenvalue weighted by Crippen LogP contribution is -2.42. The van der Waals surface area contributed by atoms with E-state index in [-0.39, 0.29) is 6.61 Å². The number of aliphatic hydroxyl groups excluding tert-OH is 1. The maximum atomic E-state index is 9.13. The molecule has 0 radical (unpaired) electrons. The highest BCUT2D eigenvalue weighted by molar-refractivity contribution is 5.57. The van der Waals surface area contributed by atoms with E-state index in [1.807, 2.05) is 6.92 Å². The molecule has 1 heterocycles. The van der Waals surface area contributed by atoms with Gasteiger partial charge in [0.25, 0.3) is 0 Å². The van der Waals surface area contributed by atoms with E-state index >= 15 is 0 Å². The third-order valence-corrected chi connectivity index (χ3v) is 4.46. The molecular weight excluding hydrogens is 252 g/mol. The lowest BCUT2D eigenvalue weighted by molar-refractivity contribution is 0.282. The Morgan fingerprint density at radius 2 is 2.00 bits per heavy atom. The van der Waals surface area contributed by atoms with Crippen LogP contribution in [0, 0.1) is 6.92 Å². The van der Waals surface area contributed by atoms with Crippen LogP contribution < -0.4 is 10.6 Å². The van der Waals surface area contributed by atoms with Gasteiger partial charge in [-0.15, -0.1) is 0 Å². The molecule has 1 aromatic rings. The summed E-state index contributed by atoms with van der Waals surface area (Å²) in [5, 5.41) is 9.13. The third kappa shape index (κ3) is 2.59. The Balaban J connectivity index is 1.91. The second-order valence-electron chi connectivity index (χ2n) is 6.05. The predicted octanol–water partition coefficient (Wildman–Crippen LogP) is 1.99. The lowest BCUT2D eigenvalue weighted by Gasteiger charge is -2.39. The van der Waals surface area contributed by atoms with E-state index in [0.717, 1.165) is 30.2 Å². The van der Waals surface area contributed by atoms with Gasteiger partial charge in [0, 0.05) is 30.7 Å². The average molecular weight is 276 g/mol. The Kier molecular flexibility index (Phi) is 3.78. The molecule has 110 valence electrons. The molecule has 0 unspecified atom stereocenters. The van der Waals surface area contributed by atoms with Crippen LogP contribution >= 0.6 is 0 Å². The van der Waals surface area contributed by atoms with Crippen molar-refractivity contribution in [3.63, 3.8) is 0 Å². The number of aliphatic hydroxyl groups is 1. The van der Waals surface area contributed by atoms with Gasteiger partial charge in [0.15, 0.2) is 0 Å². The smallest absolute Gasteiger partial charge is 0.137 e. The number of nitrogens with two attached hydrogens (primary N) is 1. The fourth-order valence-electron chi connectivity index (χ4n) is 2.74. The normalized spacial score (nSPS) is 18.9. The van der Waals surface area contributed by atoms with E-state index in [1.165, 1.54) is 32.1 Å². The maximum Gasteiger partial charge on any atom is 0.137 e. The van der Waals surface area contributed by atoms with Crippen LogP contribution in [0.1, 0.15) is 55.8 Å². The van der Waals surface area contributed by atoms with Gasteiger partial charge >= 0.3 is 0 Å². The molecule has 0 amide bonds. The number of nitrogens with zero attached hydrogens (tertiary/aromatic N) is 3. The molecule has 0 atom stereocenters. The van der Waals surface area contributed by atoms with E-state index in [4.69, 9.17) is 15.8 Å². The molecule has 20 heavy (non-hydrogen) atoms. The van der Waals surface area contributed by atoms with Gasteiger partial charge in [0.1, 0.15) is 17.5 Å². The molecule has 5 nitrogen and oxygen atoms in total. The molecule has 3 N–H and O–H groups in total. The highest BCUT2D eigenvalue weighted by Gasteiger charge is 2.31. The molecule has 0 aromatic carbocycles. The molecule has 1 aromatic heterocycles. The van der Waals surface area contributed by atoms with Crippen LogP contribution in [-0.4, -0.2) is 34.3 Å². The molecule has 2 aliphatic rings. The van der Waals surface area contributed by atoms with E-state index in [0.29, 0.717) is 17.8 Å². The first kappa shape index (κ1) is 13.6. The Hall–Kier alpha value is -1.36. The summed E-state index contributed by atoms with van der Waals surface area (Å²) in [6.07, 6.45) is 6.86. The Bertz CT molecular complexity index is 483. The van der Waals surface area contributed by atoms with Crippen LogP contribution in [-0.2, 0) is 0 Å². The quantitative estimate of drug-likeness (QED) is 0.831. The van der Waals surface area contributed by atoms with Gasteiger partial charge in [-0.05, 0) is 45.4 Å². The van der Waals surface area contributed by atoms with Crippen LogP contribution in [0.15, 0.2) is 0 Å². The monoisotopic (exact) mass is 276 g/mol. The summed E-state index contributed by atoms with van der Waals surface area (Å²) in [6, 6.07) is 0.557. The van der Waals surface area contributed by atoms with Gasteiger partial charge in [0.05, 0.1) is 0 Å². The summed E-state index contributed by atoms with van der Waals surface area (Å²) in [5.74, 6) is 3.04. The largest absolute Gasteiger partial charge is 0.396 e. The number of rotatable bonds is 6. The summed E-state index contributed by atoms with van der Waals surface area (Å²) < 4.78 is 0. The average Bonchev–Trinajstić information content (AvgIpc) is 3.19. The van der Waals surface area contributed by atoms with Gasteiger partial charge in [-0.1, -0.05) is 0 Å². The Labute approximate surface area is 120 Å². The zero-order valence-corrected chi connectivity index (χ0v) is 12.2. The van der Waals surface area contributed by atoms with Gasteiger partial charge in [-0.25, -0.2) is 9.97 Å². The number of anilines is 2. The summed E-state index contributed by atoms with van der Waals surface area (Å²) in [6.45, 7) is 3.08. The van der Waals surface area contributed by atoms with Crippen LogP contribution in [0.2, 0.25) is 0 Å². The van der Waals surface area contributed by atoms with Gasteiger partial charge in [-0.2, -0.15) is 0 Å². The van der Waals surface area contributed by atoms with Crippen LogP contribution in [0.4, 0.5) is 11.6 Å². The van der Waals surface area contributed by atoms with E-state index < -0.39 is 0 Å². The lowest BCUT2D eigenvalue weighted by atomic mass is 9.91. The first-order chi connectivity index (χ1) is 9.70. The van der Waals surface area contributed by atoms with Crippen molar-refractivity contribution in [2.75, 3.05) is 23.8 Å². The zero-order valence-electron chi connectivity index (χ0n) is 12.2. The summed E-state index contributed by atoms with van der Waals surface area (Å²) in [7, 11) is 0. The molecule has 2 aliphatic carbocycles. The Morgan fingerprint density at radius 1 is 1.25 bits per heavy atom. The minimum absolute atomic E-state index is 0.221. The highest BCUT2D eigenvalue weighted by atomic mass is 16.3. The molecule has 0 spiro atoms.